The smallest absolute Gasteiger partial charge is 0.262 e. The Kier molecular flexibility index (Phi) is 6.12. The van der Waals surface area contributed by atoms with Crippen LogP contribution in [0.5, 0.6) is 11.5 Å². The summed E-state index contributed by atoms with van der Waals surface area (Å²) in [6.07, 6.45) is 0. The molecule has 0 amide bonds. The van der Waals surface area contributed by atoms with Crippen LogP contribution in [0.4, 0.5) is 23.1 Å². The van der Waals surface area contributed by atoms with Crippen LogP contribution >= 0.6 is 0 Å². The Balaban J connectivity index is 1.28. The maximum absolute atomic E-state index is 12.8. The molecular weight excluding hydrogens is 458 g/mol. The second-order valence-corrected chi connectivity index (χ2v) is 9.59. The molecule has 0 radical (unpaired) electrons. The molecule has 2 aliphatic rings. The van der Waals surface area contributed by atoms with E-state index in [1.165, 1.54) is 12.1 Å². The van der Waals surface area contributed by atoms with E-state index >= 15 is 0 Å². The number of rotatable bonds is 6. The lowest BCUT2D eigenvalue weighted by Gasteiger charge is -2.27. The van der Waals surface area contributed by atoms with E-state index in [0.717, 1.165) is 24.5 Å². The highest BCUT2D eigenvalue weighted by atomic mass is 32.2. The lowest BCUT2D eigenvalue weighted by molar-refractivity contribution is 0.122. The molecular formula is C23H25N5O5S. The third kappa shape index (κ3) is 5.00. The molecule has 1 aromatic heterocycles. The molecule has 178 valence electrons. The van der Waals surface area contributed by atoms with E-state index in [1.54, 1.807) is 30.3 Å². The van der Waals surface area contributed by atoms with Gasteiger partial charge in [0.05, 0.1) is 18.1 Å². The topological polar surface area (TPSA) is 115 Å². The van der Waals surface area contributed by atoms with E-state index < -0.39 is 10.0 Å². The fourth-order valence-corrected chi connectivity index (χ4v) is 4.77. The van der Waals surface area contributed by atoms with Crippen LogP contribution in [-0.2, 0) is 14.8 Å². The minimum Gasteiger partial charge on any atom is -0.486 e. The van der Waals surface area contributed by atoms with E-state index in [0.29, 0.717) is 55.4 Å². The maximum atomic E-state index is 12.8. The number of benzene rings is 2. The summed E-state index contributed by atoms with van der Waals surface area (Å²) in [7, 11) is -3.78. The molecule has 0 unspecified atom stereocenters. The van der Waals surface area contributed by atoms with Gasteiger partial charge in [0.25, 0.3) is 10.0 Å². The number of hydrogen-bond donors (Lipinski definition) is 2. The molecule has 34 heavy (non-hydrogen) atoms. The number of morpholine rings is 1. The van der Waals surface area contributed by atoms with Gasteiger partial charge in [-0.05, 0) is 43.3 Å². The normalized spacial score (nSPS) is 15.6. The first kappa shape index (κ1) is 22.2. The fraction of sp³-hybridized carbons (Fsp3) is 0.304. The Morgan fingerprint density at radius 1 is 0.853 bits per heavy atom. The lowest BCUT2D eigenvalue weighted by atomic mass is 10.3. The summed E-state index contributed by atoms with van der Waals surface area (Å²) in [4.78, 5) is 11.4. The van der Waals surface area contributed by atoms with E-state index in [-0.39, 0.29) is 4.90 Å². The van der Waals surface area contributed by atoms with Crippen molar-refractivity contribution in [3.63, 3.8) is 0 Å². The highest BCUT2D eigenvalue weighted by Crippen LogP contribution is 2.33. The van der Waals surface area contributed by atoms with Crippen LogP contribution in [0.3, 0.4) is 0 Å². The first-order valence-electron chi connectivity index (χ1n) is 10.9. The van der Waals surface area contributed by atoms with Gasteiger partial charge in [-0.25, -0.2) is 13.4 Å². The van der Waals surface area contributed by atoms with Crippen LogP contribution in [0, 0.1) is 6.92 Å². The fourth-order valence-electron chi connectivity index (χ4n) is 3.70. The molecule has 5 rings (SSSR count). The van der Waals surface area contributed by atoms with E-state index in [9.17, 15) is 8.42 Å². The summed E-state index contributed by atoms with van der Waals surface area (Å²) in [5, 5.41) is 3.26. The number of anilines is 4. The summed E-state index contributed by atoms with van der Waals surface area (Å²) >= 11 is 0. The molecule has 0 spiro atoms. The van der Waals surface area contributed by atoms with Gasteiger partial charge in [0.1, 0.15) is 19.0 Å². The first-order valence-corrected chi connectivity index (χ1v) is 12.4. The predicted molar refractivity (Wildman–Crippen MR) is 128 cm³/mol. The van der Waals surface area contributed by atoms with Gasteiger partial charge in [0, 0.05) is 42.3 Å². The van der Waals surface area contributed by atoms with Gasteiger partial charge in [-0.3, -0.25) is 4.72 Å². The lowest BCUT2D eigenvalue weighted by Crippen LogP contribution is -2.37. The SMILES string of the molecule is Cc1cc(Nc2ccc(NS(=O)(=O)c3ccc4c(c3)OCCO4)cc2)nc(N2CCOCC2)n1. The third-order valence-corrected chi connectivity index (χ3v) is 6.75. The second kappa shape index (κ2) is 9.35. The van der Waals surface area contributed by atoms with E-state index in [1.807, 2.05) is 13.0 Å². The van der Waals surface area contributed by atoms with E-state index in [4.69, 9.17) is 14.2 Å². The van der Waals surface area contributed by atoms with Gasteiger partial charge >= 0.3 is 0 Å². The Hall–Kier alpha value is -3.57. The summed E-state index contributed by atoms with van der Waals surface area (Å²) < 4.78 is 44.6. The average molecular weight is 484 g/mol. The van der Waals surface area contributed by atoms with Crippen molar-refractivity contribution in [2.45, 2.75) is 11.8 Å². The zero-order valence-corrected chi connectivity index (χ0v) is 19.5. The molecule has 10 nitrogen and oxygen atoms in total. The van der Waals surface area contributed by atoms with Crippen molar-refractivity contribution >= 4 is 33.2 Å². The van der Waals surface area contributed by atoms with Crippen molar-refractivity contribution in [3.8, 4) is 11.5 Å². The predicted octanol–water partition coefficient (Wildman–Crippen LogP) is 2.94. The van der Waals surface area contributed by atoms with Crippen LogP contribution in [0.15, 0.2) is 53.4 Å². The van der Waals surface area contributed by atoms with Gasteiger partial charge in [-0.15, -0.1) is 0 Å². The summed E-state index contributed by atoms with van der Waals surface area (Å²) in [6, 6.07) is 13.4. The number of sulfonamides is 1. The van der Waals surface area contributed by atoms with Crippen molar-refractivity contribution < 1.29 is 22.6 Å². The number of ether oxygens (including phenoxy) is 3. The molecule has 0 bridgehead atoms. The van der Waals surface area contributed by atoms with Gasteiger partial charge in [0.15, 0.2) is 11.5 Å². The van der Waals surface area contributed by atoms with Crippen LogP contribution in [-0.4, -0.2) is 57.9 Å². The third-order valence-electron chi connectivity index (χ3n) is 5.37. The Labute approximate surface area is 197 Å². The zero-order chi connectivity index (χ0) is 23.5. The molecule has 2 N–H and O–H groups in total. The highest BCUT2D eigenvalue weighted by molar-refractivity contribution is 7.92. The van der Waals surface area contributed by atoms with Crippen molar-refractivity contribution in [3.05, 3.63) is 54.2 Å². The van der Waals surface area contributed by atoms with Crippen molar-refractivity contribution in [2.75, 3.05) is 54.5 Å². The maximum Gasteiger partial charge on any atom is 0.262 e. The van der Waals surface area contributed by atoms with Crippen LogP contribution in [0.25, 0.3) is 0 Å². The number of nitrogens with zero attached hydrogens (tertiary/aromatic N) is 3. The van der Waals surface area contributed by atoms with Gasteiger partial charge in [0.2, 0.25) is 5.95 Å². The molecule has 0 saturated carbocycles. The minimum absolute atomic E-state index is 0.103. The Bertz CT molecular complexity index is 1280. The molecule has 2 aromatic carbocycles. The average Bonchev–Trinajstić information content (AvgIpc) is 2.85. The summed E-state index contributed by atoms with van der Waals surface area (Å²) in [6.45, 7) is 5.57. The molecule has 0 aliphatic carbocycles. The highest BCUT2D eigenvalue weighted by Gasteiger charge is 2.20. The quantitative estimate of drug-likeness (QED) is 0.546. The van der Waals surface area contributed by atoms with E-state index in [2.05, 4.69) is 24.9 Å². The van der Waals surface area contributed by atoms with Crippen LogP contribution in [0.1, 0.15) is 5.69 Å². The summed E-state index contributed by atoms with van der Waals surface area (Å²) in [5.41, 5.74) is 2.06. The molecule has 11 heteroatoms. The number of aromatic nitrogens is 2. The first-order chi connectivity index (χ1) is 16.5. The Morgan fingerprint density at radius 3 is 2.32 bits per heavy atom. The van der Waals surface area contributed by atoms with Crippen LogP contribution < -0.4 is 24.4 Å². The number of aryl methyl sites for hydroxylation is 1. The summed E-state index contributed by atoms with van der Waals surface area (Å²) in [5.74, 6) is 2.29. The zero-order valence-electron chi connectivity index (χ0n) is 18.7. The molecule has 1 saturated heterocycles. The molecule has 3 heterocycles. The molecule has 3 aromatic rings. The Morgan fingerprint density at radius 2 is 1.56 bits per heavy atom. The number of hydrogen-bond acceptors (Lipinski definition) is 9. The second-order valence-electron chi connectivity index (χ2n) is 7.91. The molecule has 0 atom stereocenters. The van der Waals surface area contributed by atoms with Gasteiger partial charge < -0.3 is 24.4 Å². The van der Waals surface area contributed by atoms with Gasteiger partial charge in [-0.1, -0.05) is 0 Å². The van der Waals surface area contributed by atoms with Crippen molar-refractivity contribution in [2.24, 2.45) is 0 Å². The monoisotopic (exact) mass is 483 g/mol. The van der Waals surface area contributed by atoms with Crippen LogP contribution in [0.2, 0.25) is 0 Å². The van der Waals surface area contributed by atoms with Crippen molar-refractivity contribution in [1.82, 2.24) is 9.97 Å². The number of nitrogens with one attached hydrogen (secondary N) is 2. The largest absolute Gasteiger partial charge is 0.486 e. The standard InChI is InChI=1S/C23H25N5O5S/c1-16-14-22(26-23(24-16)28-8-10-31-11-9-28)25-17-2-4-18(5-3-17)27-34(29,30)19-6-7-20-21(15-19)33-13-12-32-20/h2-7,14-15,27H,8-13H2,1H3,(H,24,25,26). The van der Waals surface area contributed by atoms with Crippen molar-refractivity contribution in [1.29, 1.82) is 0 Å². The van der Waals surface area contributed by atoms with Gasteiger partial charge in [-0.2, -0.15) is 4.98 Å². The number of fused-ring (bicyclic) bond motifs is 1. The molecule has 2 aliphatic heterocycles. The minimum atomic E-state index is -3.78. The molecule has 1 fully saturated rings.